The molecule has 3 N–H and O–H groups in total. The van der Waals surface area contributed by atoms with Crippen LogP contribution in [0.1, 0.15) is 26.5 Å². The quantitative estimate of drug-likeness (QED) is 0.391. The third-order valence-corrected chi connectivity index (χ3v) is 4.85. The molecular weight excluding hydrogens is 406 g/mol. The highest BCUT2D eigenvalue weighted by Crippen LogP contribution is 2.24. The van der Waals surface area contributed by atoms with Gasteiger partial charge in [-0.3, -0.25) is 19.8 Å². The summed E-state index contributed by atoms with van der Waals surface area (Å²) in [6.45, 7) is 13.0. The molecule has 4 aromatic rings. The molecule has 0 aliphatic carbocycles. The van der Waals surface area contributed by atoms with Gasteiger partial charge in [0.05, 0.1) is 11.0 Å². The average molecular weight is 429 g/mol. The maximum absolute atomic E-state index is 12.3. The molecule has 2 amide bonds. The Labute approximate surface area is 185 Å². The largest absolute Gasteiger partial charge is 0.426 e. The molecule has 0 atom stereocenters. The number of nitrogens with zero attached hydrogens (tertiary/aromatic N) is 4. The summed E-state index contributed by atoms with van der Waals surface area (Å²) in [7, 11) is 0. The van der Waals surface area contributed by atoms with Crippen LogP contribution in [0.4, 0.5) is 16.3 Å². The molecule has 0 saturated carbocycles. The fraction of sp³-hybridized carbons (Fsp3) is 0.217. The number of rotatable bonds is 5. The summed E-state index contributed by atoms with van der Waals surface area (Å²) in [4.78, 5) is 19.9. The Morgan fingerprint density at radius 3 is 2.62 bits per heavy atom. The normalized spacial score (nSPS) is 11.2. The Morgan fingerprint density at radius 2 is 1.94 bits per heavy atom. The first-order chi connectivity index (χ1) is 15.3. The molecule has 0 aliphatic rings. The lowest BCUT2D eigenvalue weighted by Gasteiger charge is -2.14. The van der Waals surface area contributed by atoms with Gasteiger partial charge in [-0.15, -0.1) is 0 Å². The van der Waals surface area contributed by atoms with E-state index in [1.54, 1.807) is 12.4 Å². The fourth-order valence-electron chi connectivity index (χ4n) is 3.15. The molecule has 0 unspecified atom stereocenters. The smallest absolute Gasteiger partial charge is 0.357 e. The molecule has 0 fully saturated rings. The van der Waals surface area contributed by atoms with E-state index in [1.165, 1.54) is 0 Å². The molecule has 9 heteroatoms. The van der Waals surface area contributed by atoms with Gasteiger partial charge in [-0.05, 0) is 36.4 Å². The number of aromatic amines is 1. The standard InChI is InChI=1S/C23H23N7O2/c1-23(2,3)20-12-21(29-28-20)27-22(31)26-15-5-7-16(8-6-15)30-13-25-18-11-17(32-14-24-4)9-10-19(18)30/h5-13H,14H2,1-3H3,(H3,26,27,28,29,31). The number of H-pyrrole nitrogens is 1. The Kier molecular flexibility index (Phi) is 5.52. The highest BCUT2D eigenvalue weighted by Gasteiger charge is 2.17. The molecule has 4 rings (SSSR count). The van der Waals surface area contributed by atoms with Crippen LogP contribution in [0.15, 0.2) is 54.9 Å². The van der Waals surface area contributed by atoms with Gasteiger partial charge >= 0.3 is 12.8 Å². The van der Waals surface area contributed by atoms with Gasteiger partial charge in [-0.25, -0.2) is 16.4 Å². The molecule has 0 radical (unpaired) electrons. The first-order valence-corrected chi connectivity index (χ1v) is 10.0. The molecule has 0 saturated heterocycles. The van der Waals surface area contributed by atoms with Crippen molar-refractivity contribution in [1.29, 1.82) is 0 Å². The van der Waals surface area contributed by atoms with Crippen LogP contribution in [0.2, 0.25) is 0 Å². The minimum atomic E-state index is -0.371. The number of hydrogen-bond acceptors (Lipinski definition) is 4. The minimum absolute atomic E-state index is 0.0217. The van der Waals surface area contributed by atoms with Gasteiger partial charge in [0.15, 0.2) is 5.82 Å². The Bertz CT molecular complexity index is 1290. The second kappa shape index (κ2) is 8.43. The number of imidazole rings is 1. The third kappa shape index (κ3) is 4.54. The van der Waals surface area contributed by atoms with Gasteiger partial charge in [0, 0.05) is 34.6 Å². The molecule has 9 nitrogen and oxygen atoms in total. The number of amides is 2. The monoisotopic (exact) mass is 429 g/mol. The van der Waals surface area contributed by atoms with Gasteiger partial charge < -0.3 is 10.1 Å². The second-order valence-corrected chi connectivity index (χ2v) is 8.24. The van der Waals surface area contributed by atoms with Crippen molar-refractivity contribution in [3.05, 3.63) is 72.0 Å². The van der Waals surface area contributed by atoms with Gasteiger partial charge in [0.2, 0.25) is 0 Å². The van der Waals surface area contributed by atoms with E-state index in [9.17, 15) is 4.79 Å². The molecule has 32 heavy (non-hydrogen) atoms. The van der Waals surface area contributed by atoms with Crippen molar-refractivity contribution in [2.24, 2.45) is 0 Å². The van der Waals surface area contributed by atoms with Crippen LogP contribution in [0.5, 0.6) is 5.75 Å². The molecule has 0 spiro atoms. The summed E-state index contributed by atoms with van der Waals surface area (Å²) in [5, 5.41) is 12.6. The van der Waals surface area contributed by atoms with E-state index in [4.69, 9.17) is 11.3 Å². The molecule has 2 heterocycles. The van der Waals surface area contributed by atoms with Gasteiger partial charge in [0.1, 0.15) is 12.1 Å². The number of carbonyl (C=O) groups excluding carboxylic acids is 1. The van der Waals surface area contributed by atoms with Crippen LogP contribution in [0.3, 0.4) is 0 Å². The Hall–Kier alpha value is -4.32. The van der Waals surface area contributed by atoms with Crippen molar-refractivity contribution in [1.82, 2.24) is 19.7 Å². The van der Waals surface area contributed by atoms with E-state index in [0.717, 1.165) is 22.4 Å². The summed E-state index contributed by atoms with van der Waals surface area (Å²) >= 11 is 0. The topological polar surface area (TPSA) is 101 Å². The molecular formula is C23H23N7O2. The van der Waals surface area contributed by atoms with E-state index >= 15 is 0 Å². The average Bonchev–Trinajstić information content (AvgIpc) is 3.39. The first kappa shape index (κ1) is 20.9. The zero-order chi connectivity index (χ0) is 22.7. The van der Waals surface area contributed by atoms with Crippen LogP contribution in [0.25, 0.3) is 21.6 Å². The Balaban J connectivity index is 1.43. The highest BCUT2D eigenvalue weighted by molar-refractivity contribution is 5.99. The number of aromatic nitrogens is 4. The van der Waals surface area contributed by atoms with Crippen LogP contribution in [0, 0.1) is 6.57 Å². The van der Waals surface area contributed by atoms with Crippen molar-refractivity contribution in [3.63, 3.8) is 0 Å². The molecule has 0 bridgehead atoms. The zero-order valence-electron chi connectivity index (χ0n) is 18.0. The van der Waals surface area contributed by atoms with Crippen LogP contribution < -0.4 is 15.4 Å². The summed E-state index contributed by atoms with van der Waals surface area (Å²) in [6.07, 6.45) is 1.73. The lowest BCUT2D eigenvalue weighted by molar-refractivity contribution is 0.262. The summed E-state index contributed by atoms with van der Waals surface area (Å²) in [6, 6.07) is 14.4. The summed E-state index contributed by atoms with van der Waals surface area (Å²) in [5.41, 5.74) is 4.08. The van der Waals surface area contributed by atoms with Crippen molar-refractivity contribution < 1.29 is 9.53 Å². The first-order valence-electron chi connectivity index (χ1n) is 10.0. The Morgan fingerprint density at radius 1 is 1.16 bits per heavy atom. The van der Waals surface area contributed by atoms with Crippen LogP contribution >= 0.6 is 0 Å². The van der Waals surface area contributed by atoms with E-state index in [0.29, 0.717) is 17.3 Å². The number of nitrogens with one attached hydrogen (secondary N) is 3. The van der Waals surface area contributed by atoms with Gasteiger partial charge in [0.25, 0.3) is 0 Å². The van der Waals surface area contributed by atoms with Crippen molar-refractivity contribution in [3.8, 4) is 11.4 Å². The van der Waals surface area contributed by atoms with E-state index in [2.05, 4.69) is 51.4 Å². The van der Waals surface area contributed by atoms with Crippen molar-refractivity contribution >= 4 is 28.6 Å². The molecule has 162 valence electrons. The summed E-state index contributed by atoms with van der Waals surface area (Å²) < 4.78 is 7.28. The zero-order valence-corrected chi connectivity index (χ0v) is 18.0. The SMILES string of the molecule is [C-]#[N+]COc1ccc2c(c1)ncn2-c1ccc(NC(=O)Nc2cc(C(C)(C)C)[nH]n2)cc1. The van der Waals surface area contributed by atoms with Crippen LogP contribution in [-0.2, 0) is 5.41 Å². The predicted molar refractivity (Wildman–Crippen MR) is 123 cm³/mol. The predicted octanol–water partition coefficient (Wildman–Crippen LogP) is 4.95. The van der Waals surface area contributed by atoms with Crippen molar-refractivity contribution in [2.45, 2.75) is 26.2 Å². The number of fused-ring (bicyclic) bond motifs is 1. The number of benzene rings is 2. The number of ether oxygens (including phenoxy) is 1. The van der Waals surface area contributed by atoms with Gasteiger partial charge in [-0.1, -0.05) is 20.8 Å². The summed E-state index contributed by atoms with van der Waals surface area (Å²) in [5.74, 6) is 1.07. The number of anilines is 2. The lowest BCUT2D eigenvalue weighted by Crippen LogP contribution is -2.19. The van der Waals surface area contributed by atoms with Crippen molar-refractivity contribution in [2.75, 3.05) is 17.4 Å². The third-order valence-electron chi connectivity index (χ3n) is 4.85. The second-order valence-electron chi connectivity index (χ2n) is 8.24. The van der Waals surface area contributed by atoms with Crippen LogP contribution in [-0.4, -0.2) is 32.5 Å². The number of hydrogen-bond donors (Lipinski definition) is 3. The molecule has 0 aliphatic heterocycles. The molecule has 2 aromatic carbocycles. The maximum atomic E-state index is 12.3. The molecule has 2 aromatic heterocycles. The van der Waals surface area contributed by atoms with E-state index in [1.807, 2.05) is 47.0 Å². The van der Waals surface area contributed by atoms with E-state index in [-0.39, 0.29) is 18.2 Å². The highest BCUT2D eigenvalue weighted by atomic mass is 16.5. The lowest BCUT2D eigenvalue weighted by atomic mass is 9.92. The minimum Gasteiger partial charge on any atom is -0.426 e. The number of carbonyl (C=O) groups is 1. The van der Waals surface area contributed by atoms with Gasteiger partial charge in [-0.2, -0.15) is 5.10 Å². The number of urea groups is 1. The van der Waals surface area contributed by atoms with E-state index < -0.39 is 0 Å². The maximum Gasteiger partial charge on any atom is 0.357 e. The fourth-order valence-corrected chi connectivity index (χ4v) is 3.15.